The lowest BCUT2D eigenvalue weighted by molar-refractivity contribution is -0.141. The highest BCUT2D eigenvalue weighted by atomic mass is 35.5. The van der Waals surface area contributed by atoms with Crippen molar-refractivity contribution >= 4 is 39.1 Å². The van der Waals surface area contributed by atoms with E-state index in [1.807, 2.05) is 32.9 Å². The second-order valence-corrected chi connectivity index (χ2v) is 12.0. The first-order valence-corrected chi connectivity index (χ1v) is 15.5. The van der Waals surface area contributed by atoms with Gasteiger partial charge in [-0.1, -0.05) is 37.6 Å². The van der Waals surface area contributed by atoms with Gasteiger partial charge in [-0.05, 0) is 56.0 Å². The molecular formula is C28H38ClN3O6S. The van der Waals surface area contributed by atoms with Gasteiger partial charge in [-0.3, -0.25) is 13.9 Å². The van der Waals surface area contributed by atoms with Crippen LogP contribution in [-0.2, 0) is 26.2 Å². The highest BCUT2D eigenvalue weighted by Crippen LogP contribution is 2.34. The Balaban J connectivity index is 1.77. The normalized spacial score (nSPS) is 14.3. The number of amides is 2. The van der Waals surface area contributed by atoms with E-state index in [0.717, 1.165) is 18.2 Å². The van der Waals surface area contributed by atoms with Crippen molar-refractivity contribution in [2.45, 2.75) is 65.1 Å². The van der Waals surface area contributed by atoms with Crippen molar-refractivity contribution in [1.29, 1.82) is 0 Å². The van der Waals surface area contributed by atoms with E-state index in [-0.39, 0.29) is 43.8 Å². The van der Waals surface area contributed by atoms with Crippen LogP contribution in [0.2, 0.25) is 5.02 Å². The Morgan fingerprint density at radius 2 is 1.69 bits per heavy atom. The van der Waals surface area contributed by atoms with Gasteiger partial charge in [-0.15, -0.1) is 0 Å². The fourth-order valence-corrected chi connectivity index (χ4v) is 5.42. The van der Waals surface area contributed by atoms with Gasteiger partial charge < -0.3 is 19.7 Å². The molecule has 2 atom stereocenters. The monoisotopic (exact) mass is 579 g/mol. The first-order valence-electron chi connectivity index (χ1n) is 13.2. The summed E-state index contributed by atoms with van der Waals surface area (Å²) in [5, 5.41) is 3.57. The fourth-order valence-electron chi connectivity index (χ4n) is 4.34. The number of ether oxygens (including phenoxy) is 2. The quantitative estimate of drug-likeness (QED) is 0.378. The molecule has 1 heterocycles. The van der Waals surface area contributed by atoms with Gasteiger partial charge in [0.2, 0.25) is 21.8 Å². The van der Waals surface area contributed by atoms with Crippen molar-refractivity contribution in [2.75, 3.05) is 30.3 Å². The maximum atomic E-state index is 13.5. The number of benzene rings is 2. The van der Waals surface area contributed by atoms with Crippen LogP contribution in [0, 0.1) is 0 Å². The molecule has 1 aliphatic heterocycles. The van der Waals surface area contributed by atoms with Crippen LogP contribution in [0.1, 0.15) is 52.0 Å². The highest BCUT2D eigenvalue weighted by molar-refractivity contribution is 7.92. The Hall–Kier alpha value is -2.98. The molecule has 0 unspecified atom stereocenters. The zero-order valence-electron chi connectivity index (χ0n) is 23.0. The fraction of sp³-hybridized carbons (Fsp3) is 0.500. The average Bonchev–Trinajstić information content (AvgIpc) is 2.90. The van der Waals surface area contributed by atoms with E-state index in [1.165, 1.54) is 4.31 Å². The van der Waals surface area contributed by atoms with Crippen LogP contribution in [-0.4, -0.2) is 63.2 Å². The van der Waals surface area contributed by atoms with Crippen molar-refractivity contribution in [1.82, 2.24) is 10.2 Å². The molecule has 0 fully saturated rings. The van der Waals surface area contributed by atoms with Crippen LogP contribution in [0.5, 0.6) is 11.5 Å². The van der Waals surface area contributed by atoms with Gasteiger partial charge in [0, 0.05) is 36.6 Å². The van der Waals surface area contributed by atoms with E-state index in [0.29, 0.717) is 41.8 Å². The number of anilines is 1. The number of sulfonamides is 1. The largest absolute Gasteiger partial charge is 0.486 e. The summed E-state index contributed by atoms with van der Waals surface area (Å²) in [7, 11) is -3.63. The minimum Gasteiger partial charge on any atom is -0.486 e. The van der Waals surface area contributed by atoms with Crippen LogP contribution >= 0.6 is 11.6 Å². The van der Waals surface area contributed by atoms with Gasteiger partial charge in [0.1, 0.15) is 19.3 Å². The lowest BCUT2D eigenvalue weighted by Gasteiger charge is -2.32. The highest BCUT2D eigenvalue weighted by Gasteiger charge is 2.29. The van der Waals surface area contributed by atoms with Gasteiger partial charge in [0.25, 0.3) is 0 Å². The molecular weight excluding hydrogens is 542 g/mol. The number of nitrogens with zero attached hydrogens (tertiary/aromatic N) is 2. The molecule has 1 aliphatic rings. The lowest BCUT2D eigenvalue weighted by atomic mass is 10.1. The predicted molar refractivity (Wildman–Crippen MR) is 153 cm³/mol. The van der Waals surface area contributed by atoms with Crippen molar-refractivity contribution in [3.8, 4) is 11.5 Å². The van der Waals surface area contributed by atoms with Crippen LogP contribution in [0.25, 0.3) is 0 Å². The number of halogens is 1. The molecule has 2 aromatic carbocycles. The number of carbonyl (C=O) groups is 2. The van der Waals surface area contributed by atoms with Crippen molar-refractivity contribution < 1.29 is 27.5 Å². The van der Waals surface area contributed by atoms with Crippen molar-refractivity contribution in [3.63, 3.8) is 0 Å². The van der Waals surface area contributed by atoms with E-state index in [1.54, 1.807) is 35.2 Å². The van der Waals surface area contributed by atoms with Crippen LogP contribution in [0.4, 0.5) is 5.69 Å². The minimum absolute atomic E-state index is 0.0200. The molecule has 9 nitrogen and oxygen atoms in total. The standard InChI is InChI=1S/C28H38ClN3O6S/c1-5-20(3)30-28(34)24(6-2)31(19-21-9-11-22(29)12-10-21)27(33)8-7-15-32(39(4,35)36)23-13-14-25-26(18-23)38-17-16-37-25/h9-14,18,20,24H,5-8,15-17,19H2,1-4H3,(H,30,34)/t20-,24-/m1/s1. The van der Waals surface area contributed by atoms with Crippen LogP contribution in [0.15, 0.2) is 42.5 Å². The number of rotatable bonds is 13. The summed E-state index contributed by atoms with van der Waals surface area (Å²) in [5.41, 5.74) is 1.28. The third kappa shape index (κ3) is 8.50. The Bertz CT molecular complexity index is 1240. The van der Waals surface area contributed by atoms with Gasteiger partial charge in [0.15, 0.2) is 11.5 Å². The molecule has 2 amide bonds. The molecule has 0 aliphatic carbocycles. The van der Waals surface area contributed by atoms with E-state index >= 15 is 0 Å². The van der Waals surface area contributed by atoms with Crippen molar-refractivity contribution in [3.05, 3.63) is 53.1 Å². The van der Waals surface area contributed by atoms with E-state index in [9.17, 15) is 18.0 Å². The van der Waals surface area contributed by atoms with E-state index < -0.39 is 16.1 Å². The second kappa shape index (κ2) is 13.9. The minimum atomic E-state index is -3.63. The van der Waals surface area contributed by atoms with Crippen LogP contribution < -0.4 is 19.1 Å². The Morgan fingerprint density at radius 1 is 1.03 bits per heavy atom. The molecule has 0 aromatic heterocycles. The first kappa shape index (κ1) is 30.6. The lowest BCUT2D eigenvalue weighted by Crippen LogP contribution is -2.50. The summed E-state index contributed by atoms with van der Waals surface area (Å²) in [5.74, 6) is 0.610. The smallest absolute Gasteiger partial charge is 0.243 e. The van der Waals surface area contributed by atoms with Crippen LogP contribution in [0.3, 0.4) is 0 Å². The maximum Gasteiger partial charge on any atom is 0.243 e. The molecule has 0 radical (unpaired) electrons. The summed E-state index contributed by atoms with van der Waals surface area (Å²) in [6.45, 7) is 6.93. The zero-order chi connectivity index (χ0) is 28.6. The number of fused-ring (bicyclic) bond motifs is 1. The Kier molecular flexibility index (Phi) is 10.9. The Morgan fingerprint density at radius 3 is 2.31 bits per heavy atom. The third-order valence-electron chi connectivity index (χ3n) is 6.62. The summed E-state index contributed by atoms with van der Waals surface area (Å²) in [6.07, 6.45) is 2.67. The van der Waals surface area contributed by atoms with Gasteiger partial charge in [0.05, 0.1) is 11.9 Å². The maximum absolute atomic E-state index is 13.5. The molecule has 0 saturated carbocycles. The predicted octanol–water partition coefficient (Wildman–Crippen LogP) is 4.38. The van der Waals surface area contributed by atoms with E-state index in [4.69, 9.17) is 21.1 Å². The van der Waals surface area contributed by atoms with Gasteiger partial charge in [-0.2, -0.15) is 0 Å². The molecule has 0 saturated heterocycles. The molecule has 39 heavy (non-hydrogen) atoms. The van der Waals surface area contributed by atoms with Gasteiger partial charge in [-0.25, -0.2) is 8.42 Å². The Labute approximate surface area is 236 Å². The summed E-state index contributed by atoms with van der Waals surface area (Å²) < 4.78 is 37.7. The summed E-state index contributed by atoms with van der Waals surface area (Å²) in [6, 6.07) is 11.5. The molecule has 2 aromatic rings. The van der Waals surface area contributed by atoms with Gasteiger partial charge >= 0.3 is 0 Å². The second-order valence-electron chi connectivity index (χ2n) is 9.66. The molecule has 3 rings (SSSR count). The molecule has 11 heteroatoms. The summed E-state index contributed by atoms with van der Waals surface area (Å²) >= 11 is 6.04. The average molecular weight is 580 g/mol. The third-order valence-corrected chi connectivity index (χ3v) is 8.07. The molecule has 214 valence electrons. The SMILES string of the molecule is CC[C@@H](C)NC(=O)[C@@H](CC)N(Cc1ccc(Cl)cc1)C(=O)CCCN(c1ccc2c(c1)OCCO2)S(C)(=O)=O. The number of carbonyl (C=O) groups excluding carboxylic acids is 2. The number of hydrogen-bond donors (Lipinski definition) is 1. The molecule has 0 spiro atoms. The van der Waals surface area contributed by atoms with E-state index in [2.05, 4.69) is 5.32 Å². The molecule has 1 N–H and O–H groups in total. The summed E-state index contributed by atoms with van der Waals surface area (Å²) in [4.78, 5) is 28.2. The number of hydrogen-bond acceptors (Lipinski definition) is 6. The molecule has 0 bridgehead atoms. The zero-order valence-corrected chi connectivity index (χ0v) is 24.6. The topological polar surface area (TPSA) is 105 Å². The first-order chi connectivity index (χ1) is 18.5. The number of nitrogens with one attached hydrogen (secondary N) is 1. The van der Waals surface area contributed by atoms with Crippen molar-refractivity contribution in [2.24, 2.45) is 0 Å².